The Morgan fingerprint density at radius 2 is 2.10 bits per heavy atom. The smallest absolute Gasteiger partial charge is 0.315 e. The van der Waals surface area contributed by atoms with E-state index in [9.17, 15) is 14.7 Å². The summed E-state index contributed by atoms with van der Waals surface area (Å²) in [5, 5.41) is 16.2. The highest BCUT2D eigenvalue weighted by molar-refractivity contribution is 5.81. The van der Waals surface area contributed by atoms with Crippen LogP contribution in [-0.4, -0.2) is 37.3 Å². The molecular weight excluding hydrogens is 272 g/mol. The van der Waals surface area contributed by atoms with E-state index < -0.39 is 18.0 Å². The number of carboxylic acid groups (broad SMARTS) is 1. The predicted molar refractivity (Wildman–Crippen MR) is 74.4 cm³/mol. The van der Waals surface area contributed by atoms with Crippen molar-refractivity contribution >= 4 is 12.0 Å². The molecule has 0 aliphatic carbocycles. The highest BCUT2D eigenvalue weighted by Gasteiger charge is 2.18. The third kappa shape index (κ3) is 5.07. The Labute approximate surface area is 123 Å². The predicted octanol–water partition coefficient (Wildman–Crippen LogP) is -0.174. The van der Waals surface area contributed by atoms with Crippen LogP contribution in [0.5, 0.6) is 0 Å². The lowest BCUT2D eigenvalue weighted by Gasteiger charge is -2.20. The summed E-state index contributed by atoms with van der Waals surface area (Å²) in [4.78, 5) is 22.9. The van der Waals surface area contributed by atoms with Gasteiger partial charge in [-0.2, -0.15) is 0 Å². The van der Waals surface area contributed by atoms with E-state index in [1.165, 1.54) is 0 Å². The molecule has 1 aromatic carbocycles. The molecule has 2 rings (SSSR count). The number of urea groups is 1. The number of carboxylic acids is 1. The molecule has 1 aliphatic heterocycles. The number of carbonyl (C=O) groups is 2. The minimum Gasteiger partial charge on any atom is -0.548 e. The number of amides is 2. The molecule has 1 aliphatic rings. The zero-order valence-corrected chi connectivity index (χ0v) is 11.7. The Bertz CT molecular complexity index is 472. The minimum atomic E-state index is -1.30. The number of benzene rings is 1. The van der Waals surface area contributed by atoms with Gasteiger partial charge in [0.2, 0.25) is 0 Å². The molecule has 2 N–H and O–H groups in total. The molecule has 2 atom stereocenters. The third-order valence-electron chi connectivity index (χ3n) is 3.39. The van der Waals surface area contributed by atoms with Gasteiger partial charge in [0, 0.05) is 13.2 Å². The van der Waals surface area contributed by atoms with Crippen molar-refractivity contribution in [1.29, 1.82) is 0 Å². The third-order valence-corrected chi connectivity index (χ3v) is 3.39. The fraction of sp³-hybridized carbons (Fsp3) is 0.467. The lowest BCUT2D eigenvalue weighted by Crippen LogP contribution is -2.52. The van der Waals surface area contributed by atoms with Gasteiger partial charge in [0.25, 0.3) is 0 Å². The first-order valence-electron chi connectivity index (χ1n) is 7.06. The number of hydrogen-bond donors (Lipinski definition) is 2. The van der Waals surface area contributed by atoms with Crippen LogP contribution in [0.1, 0.15) is 18.4 Å². The zero-order valence-electron chi connectivity index (χ0n) is 11.7. The van der Waals surface area contributed by atoms with E-state index in [0.29, 0.717) is 13.2 Å². The Hall–Kier alpha value is -2.08. The maximum Gasteiger partial charge on any atom is 0.315 e. The van der Waals surface area contributed by atoms with E-state index >= 15 is 0 Å². The second kappa shape index (κ2) is 7.64. The van der Waals surface area contributed by atoms with Crippen molar-refractivity contribution in [2.24, 2.45) is 0 Å². The highest BCUT2D eigenvalue weighted by atomic mass is 16.5. The summed E-state index contributed by atoms with van der Waals surface area (Å²) in [5.74, 6) is -1.30. The van der Waals surface area contributed by atoms with Crippen molar-refractivity contribution in [2.45, 2.75) is 31.4 Å². The van der Waals surface area contributed by atoms with E-state index in [1.54, 1.807) is 0 Å². The fourth-order valence-corrected chi connectivity index (χ4v) is 2.26. The summed E-state index contributed by atoms with van der Waals surface area (Å²) < 4.78 is 5.38. The molecule has 2 amide bonds. The Kier molecular flexibility index (Phi) is 5.57. The molecule has 1 fully saturated rings. The van der Waals surface area contributed by atoms with E-state index in [2.05, 4.69) is 10.6 Å². The van der Waals surface area contributed by atoms with Crippen molar-refractivity contribution in [2.75, 3.05) is 13.2 Å². The maximum atomic E-state index is 11.7. The second-order valence-corrected chi connectivity index (χ2v) is 5.05. The molecule has 0 saturated carbocycles. The molecule has 1 heterocycles. The Morgan fingerprint density at radius 1 is 1.33 bits per heavy atom. The van der Waals surface area contributed by atoms with Crippen LogP contribution in [0, 0.1) is 0 Å². The van der Waals surface area contributed by atoms with Crippen molar-refractivity contribution in [3.8, 4) is 0 Å². The van der Waals surface area contributed by atoms with E-state index in [4.69, 9.17) is 4.74 Å². The molecule has 1 saturated heterocycles. The molecule has 0 unspecified atom stereocenters. The molecule has 6 nitrogen and oxygen atoms in total. The monoisotopic (exact) mass is 291 g/mol. The Morgan fingerprint density at radius 3 is 2.71 bits per heavy atom. The lowest BCUT2D eigenvalue weighted by atomic mass is 10.1. The summed E-state index contributed by atoms with van der Waals surface area (Å²) in [7, 11) is 0. The first kappa shape index (κ1) is 15.3. The van der Waals surface area contributed by atoms with Gasteiger partial charge in [0.1, 0.15) is 0 Å². The molecule has 114 valence electrons. The van der Waals surface area contributed by atoms with Crippen LogP contribution in [0.15, 0.2) is 30.3 Å². The van der Waals surface area contributed by atoms with Crippen molar-refractivity contribution in [3.05, 3.63) is 35.9 Å². The van der Waals surface area contributed by atoms with Gasteiger partial charge in [-0.05, 0) is 24.8 Å². The van der Waals surface area contributed by atoms with Crippen LogP contribution >= 0.6 is 0 Å². The highest BCUT2D eigenvalue weighted by Crippen LogP contribution is 2.10. The van der Waals surface area contributed by atoms with Crippen LogP contribution < -0.4 is 15.7 Å². The van der Waals surface area contributed by atoms with Gasteiger partial charge >= 0.3 is 6.03 Å². The zero-order chi connectivity index (χ0) is 15.1. The molecule has 1 aromatic rings. The SMILES string of the molecule is O=C(NC[C@H]1CCCO1)N[C@@H](Cc1ccccc1)C(=O)[O-]. The average molecular weight is 291 g/mol. The standard InChI is InChI=1S/C15H20N2O4/c18-14(19)13(9-11-5-2-1-3-6-11)17-15(20)16-10-12-7-4-8-21-12/h1-3,5-6,12-13H,4,7-10H2,(H,18,19)(H2,16,17,20)/p-1/t12-,13+/m1/s1. The molecule has 0 bridgehead atoms. The average Bonchev–Trinajstić information content (AvgIpc) is 2.99. The van der Waals surface area contributed by atoms with Crippen molar-refractivity contribution in [1.82, 2.24) is 10.6 Å². The number of hydrogen-bond acceptors (Lipinski definition) is 4. The normalized spacial score (nSPS) is 19.0. The first-order chi connectivity index (χ1) is 10.1. The second-order valence-electron chi connectivity index (χ2n) is 5.05. The summed E-state index contributed by atoms with van der Waals surface area (Å²) >= 11 is 0. The van der Waals surface area contributed by atoms with Gasteiger partial charge < -0.3 is 25.3 Å². The summed E-state index contributed by atoms with van der Waals surface area (Å²) in [6.07, 6.45) is 2.11. The van der Waals surface area contributed by atoms with Gasteiger partial charge in [-0.25, -0.2) is 4.79 Å². The van der Waals surface area contributed by atoms with E-state index in [0.717, 1.165) is 18.4 Å². The lowest BCUT2D eigenvalue weighted by molar-refractivity contribution is -0.308. The molecule has 0 spiro atoms. The molecular formula is C15H19N2O4-. The van der Waals surface area contributed by atoms with Gasteiger partial charge in [0.05, 0.1) is 18.1 Å². The van der Waals surface area contributed by atoms with Gasteiger partial charge in [-0.15, -0.1) is 0 Å². The topological polar surface area (TPSA) is 90.5 Å². The van der Waals surface area contributed by atoms with Gasteiger partial charge in [-0.3, -0.25) is 0 Å². The summed E-state index contributed by atoms with van der Waals surface area (Å²) in [6.45, 7) is 1.10. The number of ether oxygens (including phenoxy) is 1. The number of carbonyl (C=O) groups excluding carboxylic acids is 2. The molecule has 0 radical (unpaired) electrons. The summed E-state index contributed by atoms with van der Waals surface area (Å²) in [6, 6.07) is 7.52. The number of rotatable bonds is 6. The van der Waals surface area contributed by atoms with E-state index in [-0.39, 0.29) is 12.5 Å². The number of nitrogens with one attached hydrogen (secondary N) is 2. The van der Waals surface area contributed by atoms with Gasteiger partial charge in [-0.1, -0.05) is 30.3 Å². The molecule has 6 heteroatoms. The quantitative estimate of drug-likeness (QED) is 0.761. The molecule has 0 aromatic heterocycles. The van der Waals surface area contributed by atoms with Crippen molar-refractivity contribution < 1.29 is 19.4 Å². The van der Waals surface area contributed by atoms with Crippen LogP contribution in [0.25, 0.3) is 0 Å². The molecule has 21 heavy (non-hydrogen) atoms. The first-order valence-corrected chi connectivity index (χ1v) is 7.06. The largest absolute Gasteiger partial charge is 0.548 e. The van der Waals surface area contributed by atoms with Crippen LogP contribution in [0.2, 0.25) is 0 Å². The van der Waals surface area contributed by atoms with Crippen LogP contribution in [-0.2, 0) is 16.0 Å². The van der Waals surface area contributed by atoms with Gasteiger partial charge in [0.15, 0.2) is 0 Å². The van der Waals surface area contributed by atoms with Crippen LogP contribution in [0.4, 0.5) is 4.79 Å². The Balaban J connectivity index is 1.81. The van der Waals surface area contributed by atoms with Crippen molar-refractivity contribution in [3.63, 3.8) is 0 Å². The van der Waals surface area contributed by atoms with E-state index in [1.807, 2.05) is 30.3 Å². The number of aliphatic carboxylic acids is 1. The fourth-order valence-electron chi connectivity index (χ4n) is 2.26. The van der Waals surface area contributed by atoms with Crippen LogP contribution in [0.3, 0.4) is 0 Å². The maximum absolute atomic E-state index is 11.7. The summed E-state index contributed by atoms with van der Waals surface area (Å²) in [5.41, 5.74) is 0.825. The minimum absolute atomic E-state index is 0.0197.